The van der Waals surface area contributed by atoms with Crippen molar-refractivity contribution in [3.63, 3.8) is 0 Å². The average Bonchev–Trinajstić information content (AvgIpc) is 3.07. The summed E-state index contributed by atoms with van der Waals surface area (Å²) >= 11 is 0. The number of fused-ring (bicyclic) bond motifs is 3. The van der Waals surface area contributed by atoms with Gasteiger partial charge in [-0.05, 0) is 53.9 Å². The van der Waals surface area contributed by atoms with Gasteiger partial charge in [0.1, 0.15) is 5.82 Å². The Balaban J connectivity index is 1.74. The van der Waals surface area contributed by atoms with E-state index in [0.29, 0.717) is 12.2 Å². The number of hydrogen-bond acceptors (Lipinski definition) is 1. The molecule has 1 atom stereocenters. The second-order valence-corrected chi connectivity index (χ2v) is 7.19. The van der Waals surface area contributed by atoms with Crippen molar-refractivity contribution in [2.24, 2.45) is 5.92 Å². The quantitative estimate of drug-likeness (QED) is 0.654. The molecule has 0 saturated heterocycles. The number of para-hydroxylation sites is 1. The van der Waals surface area contributed by atoms with Gasteiger partial charge in [-0.3, -0.25) is 0 Å². The van der Waals surface area contributed by atoms with Crippen LogP contribution >= 0.6 is 0 Å². The number of anilines is 1. The van der Waals surface area contributed by atoms with Gasteiger partial charge in [0.2, 0.25) is 0 Å². The molecule has 1 N–H and O–H groups in total. The molecule has 5 heteroatoms. The topological polar surface area (TPSA) is 37.3 Å². The highest BCUT2D eigenvalue weighted by atomic mass is 19.1. The van der Waals surface area contributed by atoms with Crippen molar-refractivity contribution in [1.82, 2.24) is 9.47 Å². The zero-order valence-electron chi connectivity index (χ0n) is 15.4. The molecule has 4 nitrogen and oxygen atoms in total. The minimum absolute atomic E-state index is 0.0761. The number of urea groups is 1. The SMILES string of the molecule is CC(C)[C@H]1c2cccn2-c2ccccc2CN1C(=O)Nc1ccc(F)cc1. The Morgan fingerprint density at radius 2 is 1.81 bits per heavy atom. The van der Waals surface area contributed by atoms with Crippen LogP contribution in [-0.4, -0.2) is 15.5 Å². The third-order valence-electron chi connectivity index (χ3n) is 5.00. The van der Waals surface area contributed by atoms with Gasteiger partial charge in [0.15, 0.2) is 0 Å². The Hall–Kier alpha value is -3.08. The molecule has 1 aromatic heterocycles. The summed E-state index contributed by atoms with van der Waals surface area (Å²) in [5, 5.41) is 2.92. The number of rotatable bonds is 2. The number of halogens is 1. The molecule has 1 aliphatic heterocycles. The molecule has 27 heavy (non-hydrogen) atoms. The maximum absolute atomic E-state index is 13.2. The first-order chi connectivity index (χ1) is 13.0. The monoisotopic (exact) mass is 363 g/mol. The Bertz CT molecular complexity index is 962. The molecule has 2 amide bonds. The summed E-state index contributed by atoms with van der Waals surface area (Å²) in [5.41, 5.74) is 3.86. The Morgan fingerprint density at radius 3 is 2.56 bits per heavy atom. The molecule has 2 aromatic carbocycles. The number of benzene rings is 2. The second-order valence-electron chi connectivity index (χ2n) is 7.19. The van der Waals surface area contributed by atoms with E-state index in [9.17, 15) is 9.18 Å². The lowest BCUT2D eigenvalue weighted by molar-refractivity contribution is 0.162. The van der Waals surface area contributed by atoms with E-state index >= 15 is 0 Å². The van der Waals surface area contributed by atoms with Crippen LogP contribution in [0.15, 0.2) is 66.9 Å². The van der Waals surface area contributed by atoms with Crippen molar-refractivity contribution in [3.8, 4) is 5.69 Å². The van der Waals surface area contributed by atoms with Crippen molar-refractivity contribution in [1.29, 1.82) is 0 Å². The number of carbonyl (C=O) groups excluding carboxylic acids is 1. The van der Waals surface area contributed by atoms with Crippen molar-refractivity contribution in [3.05, 3.63) is 83.9 Å². The van der Waals surface area contributed by atoms with Crippen LogP contribution in [0.4, 0.5) is 14.9 Å². The van der Waals surface area contributed by atoms with E-state index in [1.807, 2.05) is 29.3 Å². The fourth-order valence-corrected chi connectivity index (χ4v) is 3.80. The number of carbonyl (C=O) groups is 1. The van der Waals surface area contributed by atoms with Gasteiger partial charge in [-0.15, -0.1) is 0 Å². The predicted molar refractivity (Wildman–Crippen MR) is 104 cm³/mol. The molecule has 138 valence electrons. The smallest absolute Gasteiger partial charge is 0.318 e. The van der Waals surface area contributed by atoms with Crippen molar-refractivity contribution < 1.29 is 9.18 Å². The van der Waals surface area contributed by atoms with Gasteiger partial charge in [0, 0.05) is 17.6 Å². The molecule has 4 rings (SSSR count). The van der Waals surface area contributed by atoms with Crippen LogP contribution in [0.2, 0.25) is 0 Å². The van der Waals surface area contributed by atoms with Crippen molar-refractivity contribution in [2.75, 3.05) is 5.32 Å². The molecule has 1 aliphatic rings. The summed E-state index contributed by atoms with van der Waals surface area (Å²) < 4.78 is 15.3. The van der Waals surface area contributed by atoms with Crippen LogP contribution in [0.3, 0.4) is 0 Å². The van der Waals surface area contributed by atoms with Crippen LogP contribution in [-0.2, 0) is 6.54 Å². The Morgan fingerprint density at radius 1 is 1.07 bits per heavy atom. The van der Waals surface area contributed by atoms with Gasteiger partial charge in [0.05, 0.1) is 18.3 Å². The third-order valence-corrected chi connectivity index (χ3v) is 5.00. The lowest BCUT2D eigenvalue weighted by Gasteiger charge is -2.33. The zero-order valence-corrected chi connectivity index (χ0v) is 15.4. The lowest BCUT2D eigenvalue weighted by Crippen LogP contribution is -2.39. The number of nitrogens with zero attached hydrogens (tertiary/aromatic N) is 2. The van der Waals surface area contributed by atoms with E-state index in [2.05, 4.69) is 41.9 Å². The van der Waals surface area contributed by atoms with Crippen molar-refractivity contribution in [2.45, 2.75) is 26.4 Å². The molecule has 0 radical (unpaired) electrons. The first-order valence-electron chi connectivity index (χ1n) is 9.13. The molecule has 0 fully saturated rings. The van der Waals surface area contributed by atoms with Crippen LogP contribution in [0.5, 0.6) is 0 Å². The molecule has 0 spiro atoms. The summed E-state index contributed by atoms with van der Waals surface area (Å²) in [4.78, 5) is 15.0. The van der Waals surface area contributed by atoms with Gasteiger partial charge < -0.3 is 14.8 Å². The molecule has 0 aliphatic carbocycles. The Kier molecular flexibility index (Phi) is 4.44. The first-order valence-corrected chi connectivity index (χ1v) is 9.13. The maximum Gasteiger partial charge on any atom is 0.322 e. The van der Waals surface area contributed by atoms with E-state index in [0.717, 1.165) is 16.9 Å². The predicted octanol–water partition coefficient (Wildman–Crippen LogP) is 5.36. The summed E-state index contributed by atoms with van der Waals surface area (Å²) in [5.74, 6) is -0.0958. The summed E-state index contributed by atoms with van der Waals surface area (Å²) in [6.07, 6.45) is 2.05. The second kappa shape index (κ2) is 6.91. The highest BCUT2D eigenvalue weighted by Crippen LogP contribution is 2.36. The van der Waals surface area contributed by atoms with E-state index in [1.54, 1.807) is 12.1 Å². The third kappa shape index (κ3) is 3.21. The minimum Gasteiger partial charge on any atom is -0.318 e. The van der Waals surface area contributed by atoms with E-state index in [-0.39, 0.29) is 23.8 Å². The van der Waals surface area contributed by atoms with E-state index in [1.165, 1.54) is 12.1 Å². The normalized spacial score (nSPS) is 15.9. The molecule has 3 aromatic rings. The largest absolute Gasteiger partial charge is 0.322 e. The standard InChI is InChI=1S/C22H22FN3O/c1-15(2)21-20-8-5-13-25(20)19-7-4-3-6-16(19)14-26(21)22(27)24-18-11-9-17(23)10-12-18/h3-13,15,21H,14H2,1-2H3,(H,24,27)/t21-/m0/s1. The zero-order chi connectivity index (χ0) is 19.0. The van der Waals surface area contributed by atoms with Crippen LogP contribution < -0.4 is 5.32 Å². The minimum atomic E-state index is -0.324. The molecule has 2 heterocycles. The van der Waals surface area contributed by atoms with Gasteiger partial charge >= 0.3 is 6.03 Å². The van der Waals surface area contributed by atoms with Gasteiger partial charge in [-0.2, -0.15) is 0 Å². The van der Waals surface area contributed by atoms with Crippen LogP contribution in [0, 0.1) is 11.7 Å². The molecular weight excluding hydrogens is 341 g/mol. The number of hydrogen-bond donors (Lipinski definition) is 1. The fourth-order valence-electron chi connectivity index (χ4n) is 3.80. The van der Waals surface area contributed by atoms with Gasteiger partial charge in [-0.25, -0.2) is 9.18 Å². The highest BCUT2D eigenvalue weighted by molar-refractivity contribution is 5.89. The van der Waals surface area contributed by atoms with E-state index in [4.69, 9.17) is 0 Å². The maximum atomic E-state index is 13.2. The summed E-state index contributed by atoms with van der Waals surface area (Å²) in [7, 11) is 0. The molecule has 0 unspecified atom stereocenters. The van der Waals surface area contributed by atoms with Gasteiger partial charge in [0.25, 0.3) is 0 Å². The first kappa shape index (κ1) is 17.3. The molecule has 0 bridgehead atoms. The summed E-state index contributed by atoms with van der Waals surface area (Å²) in [6.45, 7) is 4.75. The van der Waals surface area contributed by atoms with Crippen molar-refractivity contribution >= 4 is 11.7 Å². The molecule has 0 saturated carbocycles. The number of nitrogens with one attached hydrogen (secondary N) is 1. The summed E-state index contributed by atoms with van der Waals surface area (Å²) in [6, 6.07) is 17.8. The number of aromatic nitrogens is 1. The van der Waals surface area contributed by atoms with Crippen LogP contribution in [0.25, 0.3) is 5.69 Å². The highest BCUT2D eigenvalue weighted by Gasteiger charge is 2.33. The van der Waals surface area contributed by atoms with E-state index < -0.39 is 0 Å². The van der Waals surface area contributed by atoms with Crippen LogP contribution in [0.1, 0.15) is 31.1 Å². The van der Waals surface area contributed by atoms with Gasteiger partial charge in [-0.1, -0.05) is 32.0 Å². The Labute approximate surface area is 158 Å². The average molecular weight is 363 g/mol. The molecular formula is C22H22FN3O. The number of amides is 2. The fraction of sp³-hybridized carbons (Fsp3) is 0.227. The lowest BCUT2D eigenvalue weighted by atomic mass is 9.99.